The Kier molecular flexibility index (Phi) is 4.55. The van der Waals surface area contributed by atoms with E-state index in [-0.39, 0.29) is 16.9 Å². The molecule has 2 aromatic rings. The van der Waals surface area contributed by atoms with Crippen molar-refractivity contribution in [2.75, 3.05) is 0 Å². The SMILES string of the molecule is C=CC(C)(C)c1cc(OC(C)=O)c(OC(C)=O)c2ccccc12. The van der Waals surface area contributed by atoms with E-state index in [2.05, 4.69) is 6.58 Å². The maximum Gasteiger partial charge on any atom is 0.308 e. The van der Waals surface area contributed by atoms with Crippen LogP contribution in [0.15, 0.2) is 43.0 Å². The highest BCUT2D eigenvalue weighted by atomic mass is 16.6. The van der Waals surface area contributed by atoms with E-state index >= 15 is 0 Å². The van der Waals surface area contributed by atoms with Gasteiger partial charge in [-0.2, -0.15) is 0 Å². The maximum absolute atomic E-state index is 11.5. The Labute approximate surface area is 135 Å². The van der Waals surface area contributed by atoms with E-state index in [9.17, 15) is 9.59 Å². The highest BCUT2D eigenvalue weighted by Gasteiger charge is 2.24. The van der Waals surface area contributed by atoms with Gasteiger partial charge in [0.15, 0.2) is 11.5 Å². The van der Waals surface area contributed by atoms with Gasteiger partial charge in [0.2, 0.25) is 0 Å². The van der Waals surface area contributed by atoms with E-state index in [0.717, 1.165) is 10.9 Å². The minimum atomic E-state index is -0.476. The fourth-order valence-corrected chi connectivity index (χ4v) is 2.45. The van der Waals surface area contributed by atoms with E-state index < -0.39 is 11.9 Å². The lowest BCUT2D eigenvalue weighted by Gasteiger charge is -2.24. The first-order chi connectivity index (χ1) is 10.8. The van der Waals surface area contributed by atoms with Crippen LogP contribution in [0.4, 0.5) is 0 Å². The van der Waals surface area contributed by atoms with Crippen LogP contribution >= 0.6 is 0 Å². The van der Waals surface area contributed by atoms with E-state index in [0.29, 0.717) is 5.39 Å². The van der Waals surface area contributed by atoms with Crippen molar-refractivity contribution in [3.63, 3.8) is 0 Å². The third-order valence-corrected chi connectivity index (χ3v) is 3.67. The molecule has 0 aliphatic heterocycles. The summed E-state index contributed by atoms with van der Waals surface area (Å²) in [7, 11) is 0. The van der Waals surface area contributed by atoms with Crippen molar-refractivity contribution in [2.45, 2.75) is 33.1 Å². The maximum atomic E-state index is 11.5. The summed E-state index contributed by atoms with van der Waals surface area (Å²) < 4.78 is 10.6. The molecule has 0 saturated carbocycles. The lowest BCUT2D eigenvalue weighted by atomic mass is 9.81. The number of hydrogen-bond donors (Lipinski definition) is 0. The number of ether oxygens (including phenoxy) is 2. The quantitative estimate of drug-likeness (QED) is 0.483. The predicted molar refractivity (Wildman–Crippen MR) is 89.8 cm³/mol. The van der Waals surface area contributed by atoms with Crippen LogP contribution in [0.25, 0.3) is 10.8 Å². The normalized spacial score (nSPS) is 11.1. The standard InChI is InChI=1S/C19H20O4/c1-6-19(4,5)16-11-17(22-12(2)20)18(23-13(3)21)15-10-8-7-9-14(15)16/h6-11H,1H2,2-5H3. The summed E-state index contributed by atoms with van der Waals surface area (Å²) in [6.07, 6.45) is 1.83. The fourth-order valence-electron chi connectivity index (χ4n) is 2.45. The largest absolute Gasteiger partial charge is 0.423 e. The van der Waals surface area contributed by atoms with Crippen LogP contribution in [0, 0.1) is 0 Å². The molecule has 0 fully saturated rings. The Morgan fingerprint density at radius 3 is 2.13 bits per heavy atom. The highest BCUT2D eigenvalue weighted by molar-refractivity contribution is 5.96. The lowest BCUT2D eigenvalue weighted by Crippen LogP contribution is -2.15. The van der Waals surface area contributed by atoms with Crippen LogP contribution in [0.5, 0.6) is 11.5 Å². The van der Waals surface area contributed by atoms with Gasteiger partial charge < -0.3 is 9.47 Å². The molecule has 0 N–H and O–H groups in total. The van der Waals surface area contributed by atoms with E-state index in [4.69, 9.17) is 9.47 Å². The molecule has 4 heteroatoms. The molecule has 4 nitrogen and oxygen atoms in total. The van der Waals surface area contributed by atoms with Gasteiger partial charge in [0.25, 0.3) is 0 Å². The summed E-state index contributed by atoms with van der Waals surface area (Å²) in [6, 6.07) is 9.28. The number of esters is 2. The molecule has 0 aromatic heterocycles. The highest BCUT2D eigenvalue weighted by Crippen LogP contribution is 2.42. The van der Waals surface area contributed by atoms with Gasteiger partial charge in [0, 0.05) is 24.6 Å². The van der Waals surface area contributed by atoms with Gasteiger partial charge in [-0.15, -0.1) is 6.58 Å². The van der Waals surface area contributed by atoms with Crippen molar-refractivity contribution in [1.29, 1.82) is 0 Å². The van der Waals surface area contributed by atoms with Gasteiger partial charge in [0.05, 0.1) is 0 Å². The van der Waals surface area contributed by atoms with Gasteiger partial charge >= 0.3 is 11.9 Å². The molecule has 0 aliphatic rings. The molecule has 0 spiro atoms. The summed E-state index contributed by atoms with van der Waals surface area (Å²) in [5.41, 5.74) is 0.596. The molecular formula is C19H20O4. The molecule has 23 heavy (non-hydrogen) atoms. The van der Waals surface area contributed by atoms with Crippen LogP contribution in [0.1, 0.15) is 33.3 Å². The Hall–Kier alpha value is -2.62. The third-order valence-electron chi connectivity index (χ3n) is 3.67. The lowest BCUT2D eigenvalue weighted by molar-refractivity contribution is -0.134. The molecule has 0 bridgehead atoms. The second kappa shape index (κ2) is 6.24. The zero-order valence-electron chi connectivity index (χ0n) is 13.8. The zero-order valence-corrected chi connectivity index (χ0v) is 13.8. The summed E-state index contributed by atoms with van der Waals surface area (Å²) in [5.74, 6) is -0.460. The monoisotopic (exact) mass is 312 g/mol. The van der Waals surface area contributed by atoms with E-state index in [1.54, 1.807) is 6.07 Å². The second-order valence-electron chi connectivity index (χ2n) is 5.91. The molecule has 120 valence electrons. The third kappa shape index (κ3) is 3.42. The molecule has 2 aromatic carbocycles. The Morgan fingerprint density at radius 1 is 1.04 bits per heavy atom. The average Bonchev–Trinajstić information content (AvgIpc) is 2.48. The van der Waals surface area contributed by atoms with Gasteiger partial charge in [-0.3, -0.25) is 9.59 Å². The Morgan fingerprint density at radius 2 is 1.61 bits per heavy atom. The van der Waals surface area contributed by atoms with Crippen molar-refractivity contribution in [3.05, 3.63) is 48.6 Å². The summed E-state index contributed by atoms with van der Waals surface area (Å²) >= 11 is 0. The van der Waals surface area contributed by atoms with Crippen LogP contribution in [0.3, 0.4) is 0 Å². The number of rotatable bonds is 4. The summed E-state index contributed by atoms with van der Waals surface area (Å²) in [5, 5.41) is 1.64. The number of hydrogen-bond acceptors (Lipinski definition) is 4. The number of carbonyl (C=O) groups is 2. The molecule has 0 radical (unpaired) electrons. The number of allylic oxidation sites excluding steroid dienone is 1. The molecule has 0 atom stereocenters. The Balaban J connectivity index is 2.86. The zero-order chi connectivity index (χ0) is 17.2. The average molecular weight is 312 g/mol. The van der Waals surface area contributed by atoms with Gasteiger partial charge in [0.1, 0.15) is 0 Å². The molecular weight excluding hydrogens is 292 g/mol. The van der Waals surface area contributed by atoms with Crippen LogP contribution in [0.2, 0.25) is 0 Å². The molecule has 0 heterocycles. The second-order valence-corrected chi connectivity index (χ2v) is 5.91. The molecule has 0 unspecified atom stereocenters. The van der Waals surface area contributed by atoms with Crippen LogP contribution < -0.4 is 9.47 Å². The first kappa shape index (κ1) is 16.7. The summed E-state index contributed by atoms with van der Waals surface area (Å²) in [4.78, 5) is 22.9. The smallest absolute Gasteiger partial charge is 0.308 e. The van der Waals surface area contributed by atoms with E-state index in [1.807, 2.05) is 44.2 Å². The predicted octanol–water partition coefficient (Wildman–Crippen LogP) is 4.15. The first-order valence-corrected chi connectivity index (χ1v) is 7.33. The minimum absolute atomic E-state index is 0.233. The van der Waals surface area contributed by atoms with E-state index in [1.165, 1.54) is 13.8 Å². The van der Waals surface area contributed by atoms with Crippen LogP contribution in [-0.2, 0) is 15.0 Å². The van der Waals surface area contributed by atoms with Crippen molar-refractivity contribution < 1.29 is 19.1 Å². The minimum Gasteiger partial charge on any atom is -0.423 e. The number of carbonyl (C=O) groups excluding carboxylic acids is 2. The topological polar surface area (TPSA) is 52.6 Å². The number of benzene rings is 2. The van der Waals surface area contributed by atoms with Gasteiger partial charge in [-0.1, -0.05) is 44.2 Å². The van der Waals surface area contributed by atoms with Gasteiger partial charge in [-0.25, -0.2) is 0 Å². The Bertz CT molecular complexity index is 787. The van der Waals surface area contributed by atoms with Crippen molar-refractivity contribution in [2.24, 2.45) is 0 Å². The molecule has 0 aliphatic carbocycles. The molecule has 2 rings (SSSR count). The molecule has 0 saturated heterocycles. The van der Waals surface area contributed by atoms with Gasteiger partial charge in [-0.05, 0) is 17.0 Å². The fraction of sp³-hybridized carbons (Fsp3) is 0.263. The number of fused-ring (bicyclic) bond motifs is 1. The van der Waals surface area contributed by atoms with Crippen molar-refractivity contribution in [1.82, 2.24) is 0 Å². The van der Waals surface area contributed by atoms with Crippen molar-refractivity contribution >= 4 is 22.7 Å². The first-order valence-electron chi connectivity index (χ1n) is 7.33. The van der Waals surface area contributed by atoms with Crippen molar-refractivity contribution in [3.8, 4) is 11.5 Å². The van der Waals surface area contributed by atoms with Crippen LogP contribution in [-0.4, -0.2) is 11.9 Å². The summed E-state index contributed by atoms with van der Waals surface area (Å²) in [6.45, 7) is 10.5. The molecule has 0 amide bonds.